The smallest absolute Gasteiger partial charge is 0.0447 e. The molecule has 0 amide bonds. The summed E-state index contributed by atoms with van der Waals surface area (Å²) in [7, 11) is 0. The Hall–Kier alpha value is -1.01. The Balaban J connectivity index is 2.91. The second-order valence-corrected chi connectivity index (χ2v) is 3.09. The Bertz CT molecular complexity index is 418. The van der Waals surface area contributed by atoms with Crippen molar-refractivity contribution in [3.63, 3.8) is 0 Å². The van der Waals surface area contributed by atoms with Crippen LogP contribution in [0.2, 0.25) is 5.02 Å². The fourth-order valence-corrected chi connectivity index (χ4v) is 1.43. The van der Waals surface area contributed by atoms with Crippen LogP contribution in [0.3, 0.4) is 0 Å². The highest BCUT2D eigenvalue weighted by atomic mass is 35.5. The molecular weight excluding hydrogens is 168 g/mol. The first kappa shape index (κ1) is 7.63. The molecule has 58 valence electrons. The van der Waals surface area contributed by atoms with Gasteiger partial charge in [-0.25, -0.2) is 0 Å². The minimum atomic E-state index is 0.619. The van der Waals surface area contributed by atoms with E-state index in [1.54, 1.807) is 0 Å². The van der Waals surface area contributed by atoms with E-state index < -0.39 is 0 Å². The van der Waals surface area contributed by atoms with Crippen LogP contribution in [0, 0.1) is 6.92 Å². The molecule has 0 unspecified atom stereocenters. The Labute approximate surface area is 76.8 Å². The minimum absolute atomic E-state index is 0.619. The molecule has 0 heterocycles. The van der Waals surface area contributed by atoms with Gasteiger partial charge in [0.15, 0.2) is 0 Å². The van der Waals surface area contributed by atoms with Gasteiger partial charge in [0.25, 0.3) is 0 Å². The number of halogens is 1. The molecular formula is C11H7Cl. The molecule has 12 heavy (non-hydrogen) atoms. The SMILES string of the molecule is [CH]c1c(Cl)ccc2ccccc12. The van der Waals surface area contributed by atoms with Crippen LogP contribution in [-0.2, 0) is 0 Å². The van der Waals surface area contributed by atoms with Gasteiger partial charge in [0.1, 0.15) is 0 Å². The first-order valence-corrected chi connectivity index (χ1v) is 4.09. The van der Waals surface area contributed by atoms with E-state index in [-0.39, 0.29) is 0 Å². The summed E-state index contributed by atoms with van der Waals surface area (Å²) >= 11 is 5.86. The van der Waals surface area contributed by atoms with E-state index in [0.717, 1.165) is 10.8 Å². The van der Waals surface area contributed by atoms with Crippen molar-refractivity contribution in [3.8, 4) is 0 Å². The molecule has 0 bridgehead atoms. The average molecular weight is 175 g/mol. The summed E-state index contributed by atoms with van der Waals surface area (Å²) < 4.78 is 0. The van der Waals surface area contributed by atoms with Gasteiger partial charge in [-0.3, -0.25) is 0 Å². The summed E-state index contributed by atoms with van der Waals surface area (Å²) in [5.74, 6) is 0. The Kier molecular flexibility index (Phi) is 1.78. The summed E-state index contributed by atoms with van der Waals surface area (Å²) in [5, 5.41) is 2.76. The van der Waals surface area contributed by atoms with Crippen molar-refractivity contribution < 1.29 is 0 Å². The maximum Gasteiger partial charge on any atom is 0.0447 e. The first-order valence-electron chi connectivity index (χ1n) is 3.72. The largest absolute Gasteiger partial charge is 0.0840 e. The molecule has 2 rings (SSSR count). The van der Waals surface area contributed by atoms with E-state index in [1.807, 2.05) is 36.4 Å². The molecule has 0 aliphatic carbocycles. The summed E-state index contributed by atoms with van der Waals surface area (Å²) in [5.41, 5.74) is 0.662. The summed E-state index contributed by atoms with van der Waals surface area (Å²) in [6.45, 7) is 5.79. The van der Waals surface area contributed by atoms with Crippen molar-refractivity contribution in [3.05, 3.63) is 53.9 Å². The second kappa shape index (κ2) is 2.80. The van der Waals surface area contributed by atoms with Crippen LogP contribution < -0.4 is 0 Å². The molecule has 0 saturated carbocycles. The quantitative estimate of drug-likeness (QED) is 0.573. The molecule has 0 nitrogen and oxygen atoms in total. The fourth-order valence-electron chi connectivity index (χ4n) is 1.27. The van der Waals surface area contributed by atoms with Crippen LogP contribution in [0.4, 0.5) is 0 Å². The Morgan fingerprint density at radius 1 is 1.00 bits per heavy atom. The lowest BCUT2D eigenvalue weighted by atomic mass is 10.1. The third kappa shape index (κ3) is 1.09. The van der Waals surface area contributed by atoms with Gasteiger partial charge in [0, 0.05) is 11.9 Å². The molecule has 0 N–H and O–H groups in total. The third-order valence-corrected chi connectivity index (χ3v) is 2.25. The van der Waals surface area contributed by atoms with Gasteiger partial charge in [-0.1, -0.05) is 41.9 Å². The van der Waals surface area contributed by atoms with E-state index in [2.05, 4.69) is 0 Å². The highest BCUT2D eigenvalue weighted by Crippen LogP contribution is 2.24. The topological polar surface area (TPSA) is 0 Å². The second-order valence-electron chi connectivity index (χ2n) is 2.68. The third-order valence-electron chi connectivity index (χ3n) is 1.92. The maximum atomic E-state index is 5.86. The number of rotatable bonds is 0. The molecule has 0 aliphatic heterocycles. The van der Waals surface area contributed by atoms with Crippen LogP contribution in [0.5, 0.6) is 0 Å². The number of hydrogen-bond donors (Lipinski definition) is 0. The molecule has 0 saturated heterocycles. The lowest BCUT2D eigenvalue weighted by Gasteiger charge is -2.02. The van der Waals surface area contributed by atoms with Crippen molar-refractivity contribution in [2.45, 2.75) is 0 Å². The average Bonchev–Trinajstić information content (AvgIpc) is 2.12. The number of fused-ring (bicyclic) bond motifs is 1. The molecule has 0 spiro atoms. The Morgan fingerprint density at radius 2 is 1.75 bits per heavy atom. The zero-order valence-electron chi connectivity index (χ0n) is 6.42. The van der Waals surface area contributed by atoms with E-state index >= 15 is 0 Å². The highest BCUT2D eigenvalue weighted by Gasteiger charge is 1.99. The molecule has 0 atom stereocenters. The standard InChI is InChI=1S/C11H7Cl/c1-8-10-5-3-2-4-9(10)6-7-11(8)12/h1-7H. The number of hydrogen-bond acceptors (Lipinski definition) is 0. The summed E-state index contributed by atoms with van der Waals surface area (Å²) in [6.07, 6.45) is 0. The van der Waals surface area contributed by atoms with Gasteiger partial charge in [0.2, 0.25) is 0 Å². The molecule has 0 fully saturated rings. The van der Waals surface area contributed by atoms with Crippen LogP contribution >= 0.6 is 11.6 Å². The monoisotopic (exact) mass is 174 g/mol. The molecule has 2 radical (unpaired) electrons. The highest BCUT2D eigenvalue weighted by molar-refractivity contribution is 6.32. The van der Waals surface area contributed by atoms with Gasteiger partial charge < -0.3 is 0 Å². The number of benzene rings is 2. The van der Waals surface area contributed by atoms with E-state index in [9.17, 15) is 0 Å². The lowest BCUT2D eigenvalue weighted by Crippen LogP contribution is -1.78. The maximum absolute atomic E-state index is 5.86. The van der Waals surface area contributed by atoms with Crippen LogP contribution in [0.1, 0.15) is 5.56 Å². The molecule has 1 heteroatoms. The van der Waals surface area contributed by atoms with Crippen molar-refractivity contribution in [2.75, 3.05) is 0 Å². The lowest BCUT2D eigenvalue weighted by molar-refractivity contribution is 1.67. The fraction of sp³-hybridized carbons (Fsp3) is 0. The van der Waals surface area contributed by atoms with Gasteiger partial charge in [0.05, 0.1) is 0 Å². The van der Waals surface area contributed by atoms with Gasteiger partial charge in [-0.05, 0) is 22.4 Å². The first-order chi connectivity index (χ1) is 5.79. The summed E-state index contributed by atoms with van der Waals surface area (Å²) in [4.78, 5) is 0. The van der Waals surface area contributed by atoms with E-state index in [0.29, 0.717) is 10.6 Å². The van der Waals surface area contributed by atoms with E-state index in [4.69, 9.17) is 18.5 Å². The zero-order chi connectivity index (χ0) is 8.55. The normalized spacial score (nSPS) is 10.5. The molecule has 2 aromatic carbocycles. The van der Waals surface area contributed by atoms with Crippen LogP contribution in [0.15, 0.2) is 36.4 Å². The van der Waals surface area contributed by atoms with Crippen molar-refractivity contribution in [1.29, 1.82) is 0 Å². The minimum Gasteiger partial charge on any atom is -0.0840 e. The van der Waals surface area contributed by atoms with Gasteiger partial charge in [-0.2, -0.15) is 0 Å². The van der Waals surface area contributed by atoms with Crippen molar-refractivity contribution in [2.24, 2.45) is 0 Å². The van der Waals surface area contributed by atoms with Gasteiger partial charge in [-0.15, -0.1) is 0 Å². The zero-order valence-corrected chi connectivity index (χ0v) is 7.18. The van der Waals surface area contributed by atoms with Gasteiger partial charge >= 0.3 is 0 Å². The molecule has 0 aliphatic rings. The van der Waals surface area contributed by atoms with E-state index in [1.165, 1.54) is 0 Å². The predicted octanol–water partition coefficient (Wildman–Crippen LogP) is 3.55. The molecule has 0 aromatic heterocycles. The van der Waals surface area contributed by atoms with Crippen LogP contribution in [-0.4, -0.2) is 0 Å². The molecule has 2 aromatic rings. The van der Waals surface area contributed by atoms with Crippen LogP contribution in [0.25, 0.3) is 10.8 Å². The Morgan fingerprint density at radius 3 is 2.58 bits per heavy atom. The van der Waals surface area contributed by atoms with Crippen molar-refractivity contribution >= 4 is 22.4 Å². The van der Waals surface area contributed by atoms with Crippen molar-refractivity contribution in [1.82, 2.24) is 0 Å². The summed E-state index contributed by atoms with van der Waals surface area (Å²) in [6, 6.07) is 11.7. The predicted molar refractivity (Wildman–Crippen MR) is 52.4 cm³/mol.